The van der Waals surface area contributed by atoms with E-state index in [1.807, 2.05) is 0 Å². The summed E-state index contributed by atoms with van der Waals surface area (Å²) in [6, 6.07) is 11.2. The number of hydrogen-bond donors (Lipinski definition) is 2. The molecule has 8 heteroatoms. The molecule has 2 N–H and O–H groups in total. The zero-order chi connectivity index (χ0) is 16.1. The Hall–Kier alpha value is -3.55. The summed E-state index contributed by atoms with van der Waals surface area (Å²) in [5, 5.41) is 15.3. The SMILES string of the molecule is N=Nc1c2cc([N+](=O)[O-])ccc2n2c(=O)c3ccccc3[nH]c12. The molecule has 0 aliphatic carbocycles. The molecular formula is C15H9N5O3. The highest BCUT2D eigenvalue weighted by Gasteiger charge is 2.18. The van der Waals surface area contributed by atoms with E-state index < -0.39 is 4.92 Å². The van der Waals surface area contributed by atoms with E-state index >= 15 is 0 Å². The minimum absolute atomic E-state index is 0.115. The average molecular weight is 307 g/mol. The Labute approximate surface area is 127 Å². The molecule has 112 valence electrons. The van der Waals surface area contributed by atoms with Gasteiger partial charge in [-0.3, -0.25) is 19.3 Å². The van der Waals surface area contributed by atoms with Gasteiger partial charge < -0.3 is 4.98 Å². The van der Waals surface area contributed by atoms with Crippen molar-refractivity contribution in [2.75, 3.05) is 0 Å². The summed E-state index contributed by atoms with van der Waals surface area (Å²) in [6.07, 6.45) is 0. The molecule has 0 saturated heterocycles. The lowest BCUT2D eigenvalue weighted by Crippen LogP contribution is -2.13. The van der Waals surface area contributed by atoms with Crippen molar-refractivity contribution in [3.63, 3.8) is 0 Å². The molecular weight excluding hydrogens is 298 g/mol. The van der Waals surface area contributed by atoms with Gasteiger partial charge in [0.15, 0.2) is 0 Å². The molecule has 0 radical (unpaired) electrons. The molecule has 4 aromatic rings. The van der Waals surface area contributed by atoms with Crippen molar-refractivity contribution in [2.24, 2.45) is 5.11 Å². The topological polar surface area (TPSA) is 117 Å². The van der Waals surface area contributed by atoms with E-state index in [4.69, 9.17) is 5.53 Å². The van der Waals surface area contributed by atoms with E-state index in [2.05, 4.69) is 10.1 Å². The number of nitro groups is 1. The maximum Gasteiger partial charge on any atom is 0.270 e. The number of benzene rings is 2. The van der Waals surface area contributed by atoms with Crippen LogP contribution in [0.15, 0.2) is 52.4 Å². The third kappa shape index (κ3) is 1.68. The highest BCUT2D eigenvalue weighted by atomic mass is 16.6. The van der Waals surface area contributed by atoms with E-state index in [0.717, 1.165) is 0 Å². The third-order valence-corrected chi connectivity index (χ3v) is 3.86. The quantitative estimate of drug-likeness (QED) is 0.335. The minimum atomic E-state index is -0.520. The smallest absolute Gasteiger partial charge is 0.270 e. The number of hydrogen-bond acceptors (Lipinski definition) is 5. The van der Waals surface area contributed by atoms with E-state index in [1.165, 1.54) is 22.6 Å². The van der Waals surface area contributed by atoms with Crippen LogP contribution in [0.1, 0.15) is 0 Å². The molecule has 0 fully saturated rings. The van der Waals surface area contributed by atoms with Crippen molar-refractivity contribution in [1.82, 2.24) is 9.38 Å². The van der Waals surface area contributed by atoms with Gasteiger partial charge >= 0.3 is 0 Å². The van der Waals surface area contributed by atoms with Crippen LogP contribution in [0, 0.1) is 15.6 Å². The van der Waals surface area contributed by atoms with Crippen LogP contribution in [0.25, 0.3) is 27.5 Å². The van der Waals surface area contributed by atoms with E-state index in [0.29, 0.717) is 27.5 Å². The van der Waals surface area contributed by atoms with Crippen LogP contribution in [-0.4, -0.2) is 14.3 Å². The van der Waals surface area contributed by atoms with Crippen LogP contribution in [0.2, 0.25) is 0 Å². The first-order chi connectivity index (χ1) is 11.1. The van der Waals surface area contributed by atoms with Crippen molar-refractivity contribution in [3.05, 3.63) is 62.9 Å². The maximum atomic E-state index is 12.8. The van der Waals surface area contributed by atoms with E-state index in [1.54, 1.807) is 24.3 Å². The van der Waals surface area contributed by atoms with Gasteiger partial charge in [-0.25, -0.2) is 5.53 Å². The van der Waals surface area contributed by atoms with Crippen molar-refractivity contribution in [2.45, 2.75) is 0 Å². The summed E-state index contributed by atoms with van der Waals surface area (Å²) < 4.78 is 1.40. The summed E-state index contributed by atoms with van der Waals surface area (Å²) in [5.74, 6) is 0. The first-order valence-electron chi connectivity index (χ1n) is 6.73. The van der Waals surface area contributed by atoms with Crippen molar-refractivity contribution in [1.29, 1.82) is 5.53 Å². The number of nitro benzene ring substituents is 1. The highest BCUT2D eigenvalue weighted by molar-refractivity contribution is 6.02. The van der Waals surface area contributed by atoms with Gasteiger partial charge in [-0.15, -0.1) is 0 Å². The molecule has 0 amide bonds. The lowest BCUT2D eigenvalue weighted by Gasteiger charge is -2.01. The summed E-state index contributed by atoms with van der Waals surface area (Å²) in [6.45, 7) is 0. The van der Waals surface area contributed by atoms with Gasteiger partial charge in [-0.1, -0.05) is 12.1 Å². The van der Waals surface area contributed by atoms with Gasteiger partial charge in [0.2, 0.25) is 0 Å². The molecule has 8 nitrogen and oxygen atoms in total. The Morgan fingerprint density at radius 1 is 1.17 bits per heavy atom. The lowest BCUT2D eigenvalue weighted by atomic mass is 10.2. The number of nitrogens with zero attached hydrogens (tertiary/aromatic N) is 3. The van der Waals surface area contributed by atoms with E-state index in [9.17, 15) is 14.9 Å². The van der Waals surface area contributed by atoms with Gasteiger partial charge in [-0.05, 0) is 18.2 Å². The van der Waals surface area contributed by atoms with Gasteiger partial charge in [0.05, 0.1) is 21.3 Å². The number of aromatic nitrogens is 2. The average Bonchev–Trinajstić information content (AvgIpc) is 2.87. The zero-order valence-corrected chi connectivity index (χ0v) is 11.6. The monoisotopic (exact) mass is 307 g/mol. The molecule has 4 rings (SSSR count). The fourth-order valence-electron chi connectivity index (χ4n) is 2.84. The van der Waals surface area contributed by atoms with Gasteiger partial charge in [-0.2, -0.15) is 5.11 Å². The molecule has 2 aromatic carbocycles. The number of aromatic amines is 1. The predicted molar refractivity (Wildman–Crippen MR) is 84.5 cm³/mol. The zero-order valence-electron chi connectivity index (χ0n) is 11.6. The first-order valence-corrected chi connectivity index (χ1v) is 6.73. The Morgan fingerprint density at radius 3 is 2.70 bits per heavy atom. The molecule has 2 heterocycles. The molecule has 0 saturated carbocycles. The molecule has 0 spiro atoms. The Bertz CT molecular complexity index is 1190. The largest absolute Gasteiger partial charge is 0.339 e. The molecule has 0 aliphatic rings. The number of H-pyrrole nitrogens is 1. The maximum absolute atomic E-state index is 12.8. The van der Waals surface area contributed by atoms with Crippen LogP contribution in [0.4, 0.5) is 11.4 Å². The highest BCUT2D eigenvalue weighted by Crippen LogP contribution is 2.34. The van der Waals surface area contributed by atoms with Crippen LogP contribution in [0.3, 0.4) is 0 Å². The minimum Gasteiger partial charge on any atom is -0.339 e. The molecule has 0 aliphatic heterocycles. The van der Waals surface area contributed by atoms with Crippen molar-refractivity contribution >= 4 is 38.8 Å². The Balaban J connectivity index is 2.31. The number of non-ortho nitro benzene ring substituents is 1. The molecule has 2 aromatic heterocycles. The molecule has 0 atom stereocenters. The molecule has 0 bridgehead atoms. The Morgan fingerprint density at radius 2 is 1.96 bits per heavy atom. The second kappa shape index (κ2) is 4.47. The predicted octanol–water partition coefficient (Wildman–Crippen LogP) is 3.50. The molecule has 23 heavy (non-hydrogen) atoms. The second-order valence-electron chi connectivity index (χ2n) is 5.08. The standard InChI is InChI=1S/C15H9N5O3/c16-18-13-10-7-8(20(22)23)5-6-12(10)19-14(13)17-11-4-2-1-3-9(11)15(19)21/h1-7,16-17H. The number of nitrogens with one attached hydrogen (secondary N) is 2. The second-order valence-corrected chi connectivity index (χ2v) is 5.08. The molecule has 0 unspecified atom stereocenters. The summed E-state index contributed by atoms with van der Waals surface area (Å²) in [7, 11) is 0. The fraction of sp³-hybridized carbons (Fsp3) is 0. The summed E-state index contributed by atoms with van der Waals surface area (Å²) in [4.78, 5) is 26.3. The third-order valence-electron chi connectivity index (χ3n) is 3.86. The lowest BCUT2D eigenvalue weighted by molar-refractivity contribution is -0.384. The Kier molecular flexibility index (Phi) is 2.55. The van der Waals surface area contributed by atoms with Gasteiger partial charge in [0.1, 0.15) is 11.3 Å². The summed E-state index contributed by atoms with van der Waals surface area (Å²) in [5.41, 5.74) is 8.66. The van der Waals surface area contributed by atoms with Crippen LogP contribution >= 0.6 is 0 Å². The van der Waals surface area contributed by atoms with Gasteiger partial charge in [0.25, 0.3) is 11.2 Å². The van der Waals surface area contributed by atoms with Crippen LogP contribution in [-0.2, 0) is 0 Å². The summed E-state index contributed by atoms with van der Waals surface area (Å²) >= 11 is 0. The van der Waals surface area contributed by atoms with Crippen molar-refractivity contribution in [3.8, 4) is 0 Å². The number of para-hydroxylation sites is 1. The normalized spacial score (nSPS) is 11.3. The number of fused-ring (bicyclic) bond motifs is 4. The first kappa shape index (κ1) is 13.1. The van der Waals surface area contributed by atoms with Crippen molar-refractivity contribution < 1.29 is 4.92 Å². The number of rotatable bonds is 2. The van der Waals surface area contributed by atoms with Gasteiger partial charge in [0, 0.05) is 17.5 Å². The van der Waals surface area contributed by atoms with Crippen LogP contribution in [0.5, 0.6) is 0 Å². The van der Waals surface area contributed by atoms with Crippen LogP contribution < -0.4 is 5.56 Å². The van der Waals surface area contributed by atoms with E-state index in [-0.39, 0.29) is 16.9 Å². The fourth-order valence-corrected chi connectivity index (χ4v) is 2.84.